The standard InChI is InChI=1S/C26H34N4.C2H5N.C2H6/c1-17(2)20-6-5-7-22-21(20)10-13-27-25(22)28-24-15-23(29-30(24)4)19-9-8-18(14-19)16-26(3)11-12-26;1-2-3;1-2/h5-7,10,13,15,17-19H,8-9,11-12,14,16H2,1-4H3,(H,27,28);2H,1,3H2;1-2H3. The van der Waals surface area contributed by atoms with Gasteiger partial charge < -0.3 is 11.1 Å². The highest BCUT2D eigenvalue weighted by molar-refractivity contribution is 5.95. The van der Waals surface area contributed by atoms with E-state index in [9.17, 15) is 0 Å². The Hall–Kier alpha value is -2.82. The van der Waals surface area contributed by atoms with Crippen molar-refractivity contribution in [3.05, 3.63) is 60.6 Å². The van der Waals surface area contributed by atoms with Gasteiger partial charge in [-0.2, -0.15) is 5.10 Å². The maximum atomic E-state index is 4.89. The van der Waals surface area contributed by atoms with Gasteiger partial charge in [-0.25, -0.2) is 4.98 Å². The lowest BCUT2D eigenvalue weighted by molar-refractivity contribution is 0.378. The van der Waals surface area contributed by atoms with Crippen molar-refractivity contribution in [2.45, 2.75) is 85.0 Å². The SMILES string of the molecule is C=CN.CC.CC(C)c1cccc2c(Nc3cc(C4CCC(CC5(C)CC5)C4)nn3C)nccc12. The molecule has 2 aromatic heterocycles. The number of aromatic nitrogens is 3. The van der Waals surface area contributed by atoms with E-state index in [-0.39, 0.29) is 0 Å². The van der Waals surface area contributed by atoms with E-state index in [2.05, 4.69) is 73.7 Å². The Balaban J connectivity index is 0.000000638. The van der Waals surface area contributed by atoms with Crippen LogP contribution in [0, 0.1) is 11.3 Å². The normalized spacial score (nSPS) is 20.0. The first-order valence-electron chi connectivity index (χ1n) is 13.3. The first kappa shape index (κ1) is 26.8. The lowest BCUT2D eigenvalue weighted by Crippen LogP contribution is -2.04. The van der Waals surface area contributed by atoms with Gasteiger partial charge in [0.1, 0.15) is 11.6 Å². The van der Waals surface area contributed by atoms with Gasteiger partial charge >= 0.3 is 0 Å². The average molecular weight is 476 g/mol. The summed E-state index contributed by atoms with van der Waals surface area (Å²) in [7, 11) is 2.04. The van der Waals surface area contributed by atoms with Crippen LogP contribution in [-0.4, -0.2) is 14.8 Å². The van der Waals surface area contributed by atoms with Crippen LogP contribution < -0.4 is 11.1 Å². The number of benzene rings is 1. The molecule has 2 aliphatic rings. The third kappa shape index (κ3) is 6.45. The van der Waals surface area contributed by atoms with Crippen LogP contribution in [-0.2, 0) is 7.05 Å². The van der Waals surface area contributed by atoms with Gasteiger partial charge in [0.2, 0.25) is 0 Å². The van der Waals surface area contributed by atoms with Gasteiger partial charge in [-0.05, 0) is 79.0 Å². The molecule has 1 aromatic carbocycles. The second-order valence-electron chi connectivity index (χ2n) is 10.6. The molecule has 0 radical (unpaired) electrons. The van der Waals surface area contributed by atoms with Crippen molar-refractivity contribution in [2.75, 3.05) is 5.32 Å². The molecule has 2 saturated carbocycles. The van der Waals surface area contributed by atoms with Crippen LogP contribution in [0.15, 0.2) is 49.3 Å². The molecule has 2 heterocycles. The molecule has 0 bridgehead atoms. The Morgan fingerprint density at radius 3 is 2.57 bits per heavy atom. The predicted octanol–water partition coefficient (Wildman–Crippen LogP) is 8.02. The summed E-state index contributed by atoms with van der Waals surface area (Å²) < 4.78 is 1.98. The second kappa shape index (κ2) is 11.7. The number of pyridine rings is 1. The fraction of sp³-hybridized carbons (Fsp3) is 0.533. The molecule has 190 valence electrons. The molecule has 3 N–H and O–H groups in total. The van der Waals surface area contributed by atoms with Gasteiger partial charge in [0.15, 0.2) is 0 Å². The second-order valence-corrected chi connectivity index (χ2v) is 10.6. The first-order chi connectivity index (χ1) is 16.8. The number of nitrogens with one attached hydrogen (secondary N) is 1. The molecule has 0 spiro atoms. The zero-order chi connectivity index (χ0) is 25.6. The van der Waals surface area contributed by atoms with E-state index < -0.39 is 0 Å². The minimum absolute atomic E-state index is 0.487. The zero-order valence-electron chi connectivity index (χ0n) is 22.6. The molecule has 2 atom stereocenters. The van der Waals surface area contributed by atoms with Crippen molar-refractivity contribution in [2.24, 2.45) is 24.1 Å². The Bertz CT molecular complexity index is 1110. The molecule has 0 saturated heterocycles. The Kier molecular flexibility index (Phi) is 8.98. The molecule has 0 amide bonds. The highest BCUT2D eigenvalue weighted by atomic mass is 15.3. The fourth-order valence-electron chi connectivity index (χ4n) is 5.41. The minimum atomic E-state index is 0.487. The van der Waals surface area contributed by atoms with Crippen molar-refractivity contribution in [1.29, 1.82) is 0 Å². The number of hydrogen-bond donors (Lipinski definition) is 2. The summed E-state index contributed by atoms with van der Waals surface area (Å²) in [6.45, 7) is 14.1. The maximum Gasteiger partial charge on any atom is 0.139 e. The highest BCUT2D eigenvalue weighted by Crippen LogP contribution is 2.54. The van der Waals surface area contributed by atoms with Crippen LogP contribution in [0.2, 0.25) is 0 Å². The third-order valence-electron chi connectivity index (χ3n) is 7.45. The molecule has 5 heteroatoms. The van der Waals surface area contributed by atoms with E-state index >= 15 is 0 Å². The van der Waals surface area contributed by atoms with E-state index in [1.807, 2.05) is 31.8 Å². The monoisotopic (exact) mass is 475 g/mol. The topological polar surface area (TPSA) is 68.8 Å². The van der Waals surface area contributed by atoms with Crippen LogP contribution in [0.3, 0.4) is 0 Å². The van der Waals surface area contributed by atoms with Gasteiger partial charge in [-0.15, -0.1) is 0 Å². The van der Waals surface area contributed by atoms with Crippen LogP contribution in [0.1, 0.15) is 96.2 Å². The summed E-state index contributed by atoms with van der Waals surface area (Å²) in [5.74, 6) is 3.91. The van der Waals surface area contributed by atoms with Crippen molar-refractivity contribution < 1.29 is 0 Å². The summed E-state index contributed by atoms with van der Waals surface area (Å²) >= 11 is 0. The number of fused-ring (bicyclic) bond motifs is 1. The number of nitrogens with zero attached hydrogens (tertiary/aromatic N) is 3. The number of rotatable bonds is 6. The van der Waals surface area contributed by atoms with E-state index in [4.69, 9.17) is 5.10 Å². The fourth-order valence-corrected chi connectivity index (χ4v) is 5.41. The molecular formula is C30H45N5. The summed E-state index contributed by atoms with van der Waals surface area (Å²) in [5, 5.41) is 10.9. The van der Waals surface area contributed by atoms with Crippen molar-refractivity contribution in [3.8, 4) is 0 Å². The van der Waals surface area contributed by atoms with Crippen LogP contribution >= 0.6 is 0 Å². The van der Waals surface area contributed by atoms with Gasteiger partial charge in [-0.3, -0.25) is 4.68 Å². The van der Waals surface area contributed by atoms with Crippen LogP contribution in [0.5, 0.6) is 0 Å². The molecule has 3 aromatic rings. The lowest BCUT2D eigenvalue weighted by atomic mass is 9.91. The molecule has 35 heavy (non-hydrogen) atoms. The average Bonchev–Trinajstić information content (AvgIpc) is 3.21. The van der Waals surface area contributed by atoms with Crippen molar-refractivity contribution in [3.63, 3.8) is 0 Å². The molecule has 5 rings (SSSR count). The molecule has 2 fully saturated rings. The molecule has 0 aliphatic heterocycles. The van der Waals surface area contributed by atoms with E-state index in [0.717, 1.165) is 17.6 Å². The number of hydrogen-bond acceptors (Lipinski definition) is 4. The van der Waals surface area contributed by atoms with Crippen molar-refractivity contribution >= 4 is 22.4 Å². The van der Waals surface area contributed by atoms with E-state index in [1.165, 1.54) is 66.8 Å². The summed E-state index contributed by atoms with van der Waals surface area (Å²) in [5.41, 5.74) is 7.88. The van der Waals surface area contributed by atoms with Gasteiger partial charge in [-0.1, -0.05) is 59.4 Å². The molecular weight excluding hydrogens is 430 g/mol. The quantitative estimate of drug-likeness (QED) is 0.379. The first-order valence-corrected chi connectivity index (χ1v) is 13.3. The third-order valence-corrected chi connectivity index (χ3v) is 7.45. The van der Waals surface area contributed by atoms with Crippen LogP contribution in [0.4, 0.5) is 11.6 Å². The number of nitrogens with two attached hydrogens (primary N) is 1. The summed E-state index contributed by atoms with van der Waals surface area (Å²) in [6.07, 6.45) is 11.4. The lowest BCUT2D eigenvalue weighted by Gasteiger charge is -2.14. The number of anilines is 2. The summed E-state index contributed by atoms with van der Waals surface area (Å²) in [4.78, 5) is 4.66. The van der Waals surface area contributed by atoms with Gasteiger partial charge in [0.05, 0.1) is 5.69 Å². The van der Waals surface area contributed by atoms with Crippen molar-refractivity contribution in [1.82, 2.24) is 14.8 Å². The summed E-state index contributed by atoms with van der Waals surface area (Å²) in [6, 6.07) is 10.9. The van der Waals surface area contributed by atoms with E-state index in [0.29, 0.717) is 17.3 Å². The molecule has 2 aliphatic carbocycles. The van der Waals surface area contributed by atoms with Gasteiger partial charge in [0, 0.05) is 30.6 Å². The smallest absolute Gasteiger partial charge is 0.139 e. The van der Waals surface area contributed by atoms with Crippen LogP contribution in [0.25, 0.3) is 10.8 Å². The van der Waals surface area contributed by atoms with Gasteiger partial charge in [0.25, 0.3) is 0 Å². The molecule has 5 nitrogen and oxygen atoms in total. The minimum Gasteiger partial charge on any atom is -0.405 e. The largest absolute Gasteiger partial charge is 0.405 e. The Morgan fingerprint density at radius 1 is 1.20 bits per heavy atom. The zero-order valence-corrected chi connectivity index (χ0v) is 22.6. The predicted molar refractivity (Wildman–Crippen MR) is 150 cm³/mol. The number of aryl methyl sites for hydroxylation is 1. The molecule has 2 unspecified atom stereocenters. The highest BCUT2D eigenvalue weighted by Gasteiger charge is 2.41. The Labute approximate surface area is 212 Å². The Morgan fingerprint density at radius 2 is 1.91 bits per heavy atom. The maximum absolute atomic E-state index is 4.89. The van der Waals surface area contributed by atoms with E-state index in [1.54, 1.807) is 0 Å².